The van der Waals surface area contributed by atoms with Crippen molar-refractivity contribution in [1.82, 2.24) is 4.98 Å². The molecule has 1 heterocycles. The first-order chi connectivity index (χ1) is 7.54. The molecule has 0 aliphatic heterocycles. The van der Waals surface area contributed by atoms with Crippen LogP contribution in [0.4, 0.5) is 5.82 Å². The summed E-state index contributed by atoms with van der Waals surface area (Å²) < 4.78 is 5.61. The Labute approximate surface area is 101 Å². The SMILES string of the molecule is COC(=O)c1c(N)[nH]c2c(C)cc(Br)cc12. The summed E-state index contributed by atoms with van der Waals surface area (Å²) in [5.41, 5.74) is 8.05. The Kier molecular flexibility index (Phi) is 2.63. The highest BCUT2D eigenvalue weighted by Crippen LogP contribution is 2.30. The number of fused-ring (bicyclic) bond motifs is 1. The largest absolute Gasteiger partial charge is 0.465 e. The zero-order chi connectivity index (χ0) is 11.9. The van der Waals surface area contributed by atoms with Crippen molar-refractivity contribution in [2.45, 2.75) is 6.92 Å². The van der Waals surface area contributed by atoms with Crippen molar-refractivity contribution in [1.29, 1.82) is 0 Å². The predicted molar refractivity (Wildman–Crippen MR) is 66.5 cm³/mol. The quantitative estimate of drug-likeness (QED) is 0.790. The van der Waals surface area contributed by atoms with Crippen LogP contribution in [0.3, 0.4) is 0 Å². The second-order valence-electron chi connectivity index (χ2n) is 3.55. The Balaban J connectivity index is 2.83. The number of nitrogens with one attached hydrogen (secondary N) is 1. The average Bonchev–Trinajstić information content (AvgIpc) is 2.54. The summed E-state index contributed by atoms with van der Waals surface area (Å²) in [6, 6.07) is 3.81. The Morgan fingerprint density at radius 3 is 2.81 bits per heavy atom. The fourth-order valence-electron chi connectivity index (χ4n) is 1.77. The maximum Gasteiger partial charge on any atom is 0.342 e. The first kappa shape index (κ1) is 11.0. The van der Waals surface area contributed by atoms with E-state index in [1.54, 1.807) is 0 Å². The van der Waals surface area contributed by atoms with Crippen molar-refractivity contribution in [2.24, 2.45) is 0 Å². The molecule has 0 aliphatic rings. The highest BCUT2D eigenvalue weighted by atomic mass is 79.9. The van der Waals surface area contributed by atoms with Gasteiger partial charge in [-0.3, -0.25) is 0 Å². The van der Waals surface area contributed by atoms with Gasteiger partial charge in [0.25, 0.3) is 0 Å². The summed E-state index contributed by atoms with van der Waals surface area (Å²) in [6.07, 6.45) is 0. The molecule has 3 N–H and O–H groups in total. The second kappa shape index (κ2) is 3.83. The molecule has 0 radical (unpaired) electrons. The standard InChI is InChI=1S/C11H11BrN2O2/c1-5-3-6(12)4-7-8(11(15)16-2)10(13)14-9(5)7/h3-4,14H,13H2,1-2H3. The van der Waals surface area contributed by atoms with E-state index in [4.69, 9.17) is 10.5 Å². The van der Waals surface area contributed by atoms with Crippen LogP contribution in [0.25, 0.3) is 10.9 Å². The van der Waals surface area contributed by atoms with Crippen molar-refractivity contribution >= 4 is 38.6 Å². The number of anilines is 1. The van der Waals surface area contributed by atoms with Crippen molar-refractivity contribution in [2.75, 3.05) is 12.8 Å². The Hall–Kier alpha value is -1.49. The topological polar surface area (TPSA) is 68.1 Å². The number of nitrogen functional groups attached to an aromatic ring is 1. The maximum atomic E-state index is 11.6. The van der Waals surface area contributed by atoms with E-state index in [1.165, 1.54) is 7.11 Å². The summed E-state index contributed by atoms with van der Waals surface area (Å²) >= 11 is 3.39. The van der Waals surface area contributed by atoms with Crippen LogP contribution >= 0.6 is 15.9 Å². The first-order valence-corrected chi connectivity index (χ1v) is 5.49. The van der Waals surface area contributed by atoms with Crippen LogP contribution in [0.1, 0.15) is 15.9 Å². The lowest BCUT2D eigenvalue weighted by atomic mass is 10.1. The molecule has 0 aliphatic carbocycles. The molecule has 1 aromatic heterocycles. The number of benzene rings is 1. The van der Waals surface area contributed by atoms with Gasteiger partial charge >= 0.3 is 5.97 Å². The van der Waals surface area contributed by atoms with Crippen LogP contribution in [0.2, 0.25) is 0 Å². The molecule has 4 nitrogen and oxygen atoms in total. The summed E-state index contributed by atoms with van der Waals surface area (Å²) in [5.74, 6) is -0.0932. The summed E-state index contributed by atoms with van der Waals surface area (Å²) in [7, 11) is 1.34. The smallest absolute Gasteiger partial charge is 0.342 e. The number of H-pyrrole nitrogens is 1. The van der Waals surface area contributed by atoms with E-state index in [0.29, 0.717) is 11.4 Å². The van der Waals surface area contributed by atoms with E-state index in [2.05, 4.69) is 20.9 Å². The Morgan fingerprint density at radius 1 is 1.50 bits per heavy atom. The number of esters is 1. The number of nitrogens with two attached hydrogens (primary N) is 1. The lowest BCUT2D eigenvalue weighted by Gasteiger charge is -2.00. The van der Waals surface area contributed by atoms with Crippen LogP contribution in [0.15, 0.2) is 16.6 Å². The van der Waals surface area contributed by atoms with Crippen LogP contribution in [-0.2, 0) is 4.74 Å². The monoisotopic (exact) mass is 282 g/mol. The number of rotatable bonds is 1. The highest BCUT2D eigenvalue weighted by molar-refractivity contribution is 9.10. The van der Waals surface area contributed by atoms with Gasteiger partial charge in [0.2, 0.25) is 0 Å². The normalized spacial score (nSPS) is 10.7. The Morgan fingerprint density at radius 2 is 2.19 bits per heavy atom. The van der Waals surface area contributed by atoms with E-state index >= 15 is 0 Å². The number of carbonyl (C=O) groups is 1. The maximum absolute atomic E-state index is 11.6. The third kappa shape index (κ3) is 1.57. The first-order valence-electron chi connectivity index (χ1n) is 4.70. The van der Waals surface area contributed by atoms with Gasteiger partial charge in [-0.25, -0.2) is 4.79 Å². The van der Waals surface area contributed by atoms with Gasteiger partial charge in [-0.1, -0.05) is 15.9 Å². The van der Waals surface area contributed by atoms with Gasteiger partial charge in [0.15, 0.2) is 0 Å². The summed E-state index contributed by atoms with van der Waals surface area (Å²) in [5, 5.41) is 0.774. The molecule has 0 saturated carbocycles. The zero-order valence-electron chi connectivity index (χ0n) is 8.93. The highest BCUT2D eigenvalue weighted by Gasteiger charge is 2.18. The molecular weight excluding hydrogens is 272 g/mol. The number of hydrogen-bond donors (Lipinski definition) is 2. The van der Waals surface area contributed by atoms with Crippen LogP contribution in [0.5, 0.6) is 0 Å². The third-order valence-electron chi connectivity index (χ3n) is 2.49. The van der Waals surface area contributed by atoms with Gasteiger partial charge in [0.05, 0.1) is 12.6 Å². The van der Waals surface area contributed by atoms with Gasteiger partial charge in [-0.15, -0.1) is 0 Å². The van der Waals surface area contributed by atoms with Gasteiger partial charge in [-0.05, 0) is 24.6 Å². The third-order valence-corrected chi connectivity index (χ3v) is 2.95. The number of carbonyl (C=O) groups excluding carboxylic acids is 1. The molecule has 16 heavy (non-hydrogen) atoms. The van der Waals surface area contributed by atoms with Crippen LogP contribution in [0, 0.1) is 6.92 Å². The molecule has 2 aromatic rings. The number of aromatic nitrogens is 1. The fraction of sp³-hybridized carbons (Fsp3) is 0.182. The second-order valence-corrected chi connectivity index (χ2v) is 4.47. The lowest BCUT2D eigenvalue weighted by molar-refractivity contribution is 0.0604. The minimum absolute atomic E-state index is 0.336. The van der Waals surface area contributed by atoms with E-state index in [0.717, 1.165) is 20.9 Å². The summed E-state index contributed by atoms with van der Waals surface area (Å²) in [4.78, 5) is 14.6. The van der Waals surface area contributed by atoms with E-state index < -0.39 is 5.97 Å². The van der Waals surface area contributed by atoms with Gasteiger partial charge < -0.3 is 15.5 Å². The molecular formula is C11H11BrN2O2. The van der Waals surface area contributed by atoms with Crippen molar-refractivity contribution < 1.29 is 9.53 Å². The predicted octanol–water partition coefficient (Wildman–Crippen LogP) is 2.61. The van der Waals surface area contributed by atoms with Crippen molar-refractivity contribution in [3.05, 3.63) is 27.7 Å². The van der Waals surface area contributed by atoms with Gasteiger partial charge in [0, 0.05) is 9.86 Å². The fourth-order valence-corrected chi connectivity index (χ4v) is 2.34. The molecule has 0 spiro atoms. The zero-order valence-corrected chi connectivity index (χ0v) is 10.5. The van der Waals surface area contributed by atoms with Gasteiger partial charge in [0.1, 0.15) is 11.4 Å². The number of methoxy groups -OCH3 is 1. The molecule has 0 bridgehead atoms. The number of aromatic amines is 1. The number of ether oxygens (including phenoxy) is 1. The van der Waals surface area contributed by atoms with Crippen LogP contribution < -0.4 is 5.73 Å². The number of halogens is 1. The average molecular weight is 283 g/mol. The number of hydrogen-bond acceptors (Lipinski definition) is 3. The molecule has 0 atom stereocenters. The van der Waals surface area contributed by atoms with Crippen LogP contribution in [-0.4, -0.2) is 18.1 Å². The van der Waals surface area contributed by atoms with Gasteiger partial charge in [-0.2, -0.15) is 0 Å². The van der Waals surface area contributed by atoms with E-state index in [9.17, 15) is 4.79 Å². The van der Waals surface area contributed by atoms with E-state index in [1.807, 2.05) is 19.1 Å². The molecule has 5 heteroatoms. The van der Waals surface area contributed by atoms with Crippen molar-refractivity contribution in [3.8, 4) is 0 Å². The van der Waals surface area contributed by atoms with E-state index in [-0.39, 0.29) is 0 Å². The molecule has 84 valence electrons. The Bertz CT molecular complexity index is 575. The molecule has 0 amide bonds. The summed E-state index contributed by atoms with van der Waals surface area (Å²) in [6.45, 7) is 1.95. The molecule has 2 rings (SSSR count). The number of aryl methyl sites for hydroxylation is 1. The molecule has 0 saturated heterocycles. The molecule has 0 unspecified atom stereocenters. The minimum Gasteiger partial charge on any atom is -0.465 e. The minimum atomic E-state index is -0.429. The molecule has 0 fully saturated rings. The van der Waals surface area contributed by atoms with Crippen molar-refractivity contribution in [3.63, 3.8) is 0 Å². The molecule has 1 aromatic carbocycles. The lowest BCUT2D eigenvalue weighted by Crippen LogP contribution is -2.03.